The van der Waals surface area contributed by atoms with Crippen molar-refractivity contribution in [2.24, 2.45) is 0 Å². The number of hydrogen-bond acceptors (Lipinski definition) is 2. The number of likely N-dealkylation sites (N-methyl/N-ethyl adjacent to an activating group) is 1. The van der Waals surface area contributed by atoms with Gasteiger partial charge in [-0.05, 0) is 37.4 Å². The molecular weight excluding hydrogens is 310 g/mol. The average molecular weight is 332 g/mol. The molecule has 2 N–H and O–H groups in total. The van der Waals surface area contributed by atoms with Crippen LogP contribution in [-0.2, 0) is 6.54 Å². The predicted molar refractivity (Wildman–Crippen MR) is 94.6 cm³/mol. The molecule has 1 unspecified atom stereocenters. The monoisotopic (exact) mass is 331 g/mol. The zero-order valence-electron chi connectivity index (χ0n) is 13.4. The predicted octanol–water partition coefficient (Wildman–Crippen LogP) is 3.44. The molecule has 2 rings (SSSR count). The second-order valence-electron chi connectivity index (χ2n) is 5.58. The lowest BCUT2D eigenvalue weighted by Gasteiger charge is -2.25. The van der Waals surface area contributed by atoms with E-state index in [-0.39, 0.29) is 12.1 Å². The SMILES string of the molecule is CN(C)C(CNC(=O)NCc1ccccc1)c1cccc(Cl)c1. The number of carbonyl (C=O) groups is 1. The lowest BCUT2D eigenvalue weighted by Crippen LogP contribution is -2.40. The molecule has 0 radical (unpaired) electrons. The second-order valence-corrected chi connectivity index (χ2v) is 6.02. The van der Waals surface area contributed by atoms with Gasteiger partial charge < -0.3 is 15.5 Å². The van der Waals surface area contributed by atoms with Crippen LogP contribution in [0.3, 0.4) is 0 Å². The van der Waals surface area contributed by atoms with Gasteiger partial charge in [0, 0.05) is 18.1 Å². The highest BCUT2D eigenvalue weighted by molar-refractivity contribution is 6.30. The number of benzene rings is 2. The van der Waals surface area contributed by atoms with Crippen LogP contribution in [0, 0.1) is 0 Å². The fourth-order valence-electron chi connectivity index (χ4n) is 2.34. The molecule has 0 aliphatic rings. The van der Waals surface area contributed by atoms with Gasteiger partial charge in [-0.25, -0.2) is 4.79 Å². The standard InChI is InChI=1S/C18H22ClN3O/c1-22(2)17(15-9-6-10-16(19)11-15)13-21-18(23)20-12-14-7-4-3-5-8-14/h3-11,17H,12-13H2,1-2H3,(H2,20,21,23). The highest BCUT2D eigenvalue weighted by Gasteiger charge is 2.15. The van der Waals surface area contributed by atoms with Crippen LogP contribution in [0.5, 0.6) is 0 Å². The van der Waals surface area contributed by atoms with E-state index in [4.69, 9.17) is 11.6 Å². The first-order chi connectivity index (χ1) is 11.1. The molecule has 0 heterocycles. The van der Waals surface area contributed by atoms with Gasteiger partial charge in [-0.3, -0.25) is 0 Å². The highest BCUT2D eigenvalue weighted by atomic mass is 35.5. The molecule has 0 saturated heterocycles. The number of nitrogens with zero attached hydrogens (tertiary/aromatic N) is 1. The van der Waals surface area contributed by atoms with Crippen molar-refractivity contribution < 1.29 is 4.79 Å². The number of carbonyl (C=O) groups excluding carboxylic acids is 1. The van der Waals surface area contributed by atoms with E-state index < -0.39 is 0 Å². The van der Waals surface area contributed by atoms with Crippen LogP contribution in [0.1, 0.15) is 17.2 Å². The summed E-state index contributed by atoms with van der Waals surface area (Å²) in [5.74, 6) is 0. The highest BCUT2D eigenvalue weighted by Crippen LogP contribution is 2.20. The molecule has 0 bridgehead atoms. The molecule has 0 aliphatic heterocycles. The molecule has 0 spiro atoms. The first-order valence-electron chi connectivity index (χ1n) is 7.54. The Labute approximate surface area is 142 Å². The minimum atomic E-state index is -0.178. The van der Waals surface area contributed by atoms with Gasteiger partial charge in [0.2, 0.25) is 0 Å². The maximum atomic E-state index is 12.0. The van der Waals surface area contributed by atoms with Crippen molar-refractivity contribution in [2.75, 3.05) is 20.6 Å². The normalized spacial score (nSPS) is 12.0. The number of rotatable bonds is 6. The van der Waals surface area contributed by atoms with Gasteiger partial charge in [0.1, 0.15) is 0 Å². The molecule has 2 amide bonds. The first-order valence-corrected chi connectivity index (χ1v) is 7.91. The van der Waals surface area contributed by atoms with Crippen LogP contribution in [-0.4, -0.2) is 31.6 Å². The molecule has 0 saturated carbocycles. The Balaban J connectivity index is 1.87. The zero-order chi connectivity index (χ0) is 16.7. The van der Waals surface area contributed by atoms with Gasteiger partial charge in [-0.1, -0.05) is 54.1 Å². The number of amides is 2. The van der Waals surface area contributed by atoms with Crippen molar-refractivity contribution in [3.63, 3.8) is 0 Å². The van der Waals surface area contributed by atoms with E-state index in [9.17, 15) is 4.79 Å². The maximum absolute atomic E-state index is 12.0. The van der Waals surface area contributed by atoms with Crippen LogP contribution in [0.4, 0.5) is 4.79 Å². The second kappa shape index (κ2) is 8.56. The van der Waals surface area contributed by atoms with Crippen molar-refractivity contribution in [3.05, 3.63) is 70.7 Å². The molecule has 4 nitrogen and oxygen atoms in total. The minimum absolute atomic E-state index is 0.0659. The third-order valence-electron chi connectivity index (χ3n) is 3.61. The molecule has 122 valence electrons. The van der Waals surface area contributed by atoms with E-state index in [1.165, 1.54) is 0 Å². The van der Waals surface area contributed by atoms with Crippen LogP contribution in [0.2, 0.25) is 5.02 Å². The Morgan fingerprint density at radius 3 is 2.48 bits per heavy atom. The Morgan fingerprint density at radius 2 is 1.83 bits per heavy atom. The van der Waals surface area contributed by atoms with Crippen molar-refractivity contribution >= 4 is 17.6 Å². The van der Waals surface area contributed by atoms with E-state index >= 15 is 0 Å². The summed E-state index contributed by atoms with van der Waals surface area (Å²) >= 11 is 6.06. The van der Waals surface area contributed by atoms with Crippen LogP contribution in [0.15, 0.2) is 54.6 Å². The average Bonchev–Trinajstić information content (AvgIpc) is 2.54. The van der Waals surface area contributed by atoms with Gasteiger partial charge in [0.25, 0.3) is 0 Å². The fraction of sp³-hybridized carbons (Fsp3) is 0.278. The zero-order valence-corrected chi connectivity index (χ0v) is 14.2. The third-order valence-corrected chi connectivity index (χ3v) is 3.84. The van der Waals surface area contributed by atoms with E-state index in [0.29, 0.717) is 18.1 Å². The third kappa shape index (κ3) is 5.58. The summed E-state index contributed by atoms with van der Waals surface area (Å²) in [6.07, 6.45) is 0. The van der Waals surface area contributed by atoms with Gasteiger partial charge in [-0.15, -0.1) is 0 Å². The summed E-state index contributed by atoms with van der Waals surface area (Å²) in [5, 5.41) is 6.48. The van der Waals surface area contributed by atoms with Crippen LogP contribution < -0.4 is 10.6 Å². The summed E-state index contributed by atoms with van der Waals surface area (Å²) in [5.41, 5.74) is 2.15. The van der Waals surface area contributed by atoms with Gasteiger partial charge in [0.15, 0.2) is 0 Å². The molecule has 2 aromatic carbocycles. The van der Waals surface area contributed by atoms with E-state index in [1.54, 1.807) is 0 Å². The van der Waals surface area contributed by atoms with Gasteiger partial charge >= 0.3 is 6.03 Å². The summed E-state index contributed by atoms with van der Waals surface area (Å²) < 4.78 is 0. The lowest BCUT2D eigenvalue weighted by molar-refractivity contribution is 0.232. The number of hydrogen-bond donors (Lipinski definition) is 2. The quantitative estimate of drug-likeness (QED) is 0.851. The van der Waals surface area contributed by atoms with Gasteiger partial charge in [-0.2, -0.15) is 0 Å². The lowest BCUT2D eigenvalue weighted by atomic mass is 10.1. The van der Waals surface area contributed by atoms with Crippen molar-refractivity contribution in [1.82, 2.24) is 15.5 Å². The molecule has 2 aromatic rings. The Hall–Kier alpha value is -2.04. The molecular formula is C18H22ClN3O. The number of halogens is 1. The molecule has 0 fully saturated rings. The number of nitrogens with one attached hydrogen (secondary N) is 2. The molecule has 5 heteroatoms. The smallest absolute Gasteiger partial charge is 0.315 e. The Kier molecular flexibility index (Phi) is 6.44. The summed E-state index contributed by atoms with van der Waals surface area (Å²) in [6, 6.07) is 17.4. The van der Waals surface area contributed by atoms with Gasteiger partial charge in [0.05, 0.1) is 6.04 Å². The molecule has 23 heavy (non-hydrogen) atoms. The maximum Gasteiger partial charge on any atom is 0.315 e. The van der Waals surface area contributed by atoms with Crippen LogP contribution in [0.25, 0.3) is 0 Å². The summed E-state index contributed by atoms with van der Waals surface area (Å²) in [7, 11) is 3.96. The molecule has 0 aliphatic carbocycles. The van der Waals surface area contributed by atoms with Crippen molar-refractivity contribution in [3.8, 4) is 0 Å². The molecule has 0 aromatic heterocycles. The Bertz CT molecular complexity index is 631. The Morgan fingerprint density at radius 1 is 1.09 bits per heavy atom. The topological polar surface area (TPSA) is 44.4 Å². The minimum Gasteiger partial charge on any atom is -0.336 e. The molecule has 1 atom stereocenters. The first kappa shape index (κ1) is 17.3. The largest absolute Gasteiger partial charge is 0.336 e. The van der Waals surface area contributed by atoms with Crippen molar-refractivity contribution in [2.45, 2.75) is 12.6 Å². The number of urea groups is 1. The van der Waals surface area contributed by atoms with Crippen molar-refractivity contribution in [1.29, 1.82) is 0 Å². The summed E-state index contributed by atoms with van der Waals surface area (Å²) in [4.78, 5) is 14.0. The fourth-order valence-corrected chi connectivity index (χ4v) is 2.54. The van der Waals surface area contributed by atoms with Crippen LogP contribution >= 0.6 is 11.6 Å². The summed E-state index contributed by atoms with van der Waals surface area (Å²) in [6.45, 7) is 1.02. The van der Waals surface area contributed by atoms with E-state index in [2.05, 4.69) is 15.5 Å². The van der Waals surface area contributed by atoms with E-state index in [0.717, 1.165) is 11.1 Å². The van der Waals surface area contributed by atoms with E-state index in [1.807, 2.05) is 68.7 Å².